The number of aliphatic hydroxyl groups excluding tert-OH is 8. The van der Waals surface area contributed by atoms with Crippen molar-refractivity contribution in [2.45, 2.75) is 106 Å². The molecule has 2 aromatic carbocycles. The number of benzene rings is 2. The number of phenolic OH excluding ortho intramolecular Hbond substituents is 3. The molecule has 3 aromatic rings. The summed E-state index contributed by atoms with van der Waals surface area (Å²) in [6, 6.07) is 5.69. The highest BCUT2D eigenvalue weighted by Gasteiger charge is 2.52. The molecule has 3 saturated heterocycles. The van der Waals surface area contributed by atoms with Crippen LogP contribution in [0.25, 0.3) is 22.3 Å². The van der Waals surface area contributed by atoms with Crippen molar-refractivity contribution in [3.63, 3.8) is 0 Å². The number of methoxy groups -OCH3 is 1. The number of ether oxygens (including phenoxy) is 7. The molecule has 11 N–H and O–H groups in total. The van der Waals surface area contributed by atoms with Crippen LogP contribution in [-0.2, 0) is 23.7 Å². The molecule has 3 fully saturated rings. The predicted octanol–water partition coefficient (Wildman–Crippen LogP) is -2.53. The minimum Gasteiger partial charge on any atom is -0.508 e. The standard InChI is InChI=1S/C34H42O20/c1-10-20(38)24(42)27(45)32(49-10)48-9-18-22(40)26(44)31(54-33-28(46)25(43)21(39)11(2)50-33)34(52-18)53-30-23(41)19-15(37)7-13(35)8-17(19)51-29(30)12-4-5-14(36)16(6-12)47-3/h4-8,10-11,18,20-22,24-28,31-40,42-46H,9H2,1-3H3/t10-,11-,18+,20-,21-,22+,24+,25+,26-,27+,28+,31+,32-,33+,34+/m0/s1. The average Bonchev–Trinajstić information content (AvgIpc) is 3.13. The lowest BCUT2D eigenvalue weighted by atomic mass is 9.97. The Morgan fingerprint density at radius 2 is 1.31 bits per heavy atom. The van der Waals surface area contributed by atoms with E-state index < -0.39 is 127 Å². The molecule has 0 bridgehead atoms. The molecule has 0 spiro atoms. The van der Waals surface area contributed by atoms with Crippen molar-refractivity contribution in [1.29, 1.82) is 0 Å². The Kier molecular flexibility index (Phi) is 11.6. The maximum atomic E-state index is 14.2. The first-order valence-corrected chi connectivity index (χ1v) is 16.8. The van der Waals surface area contributed by atoms with Gasteiger partial charge in [-0.25, -0.2) is 0 Å². The Bertz CT molecular complexity index is 1850. The molecule has 1 aromatic heterocycles. The number of phenols is 3. The van der Waals surface area contributed by atoms with Gasteiger partial charge >= 0.3 is 0 Å². The first-order valence-electron chi connectivity index (χ1n) is 16.8. The monoisotopic (exact) mass is 770 g/mol. The highest BCUT2D eigenvalue weighted by atomic mass is 16.8. The zero-order valence-electron chi connectivity index (χ0n) is 28.8. The Morgan fingerprint density at radius 1 is 0.685 bits per heavy atom. The SMILES string of the molecule is COc1cc(-c2oc3cc(O)cc(O)c3c(=O)c2O[C@H]2O[C@H](CO[C@H]3O[C@@H](C)[C@H](O)[C@@H](O)[C@H]3O)[C@@H](O)[C@H](O)[C@H]2O[C@H]2O[C@@H](C)[C@H](O)[C@@H](O)[C@H]2O)ccc1O. The smallest absolute Gasteiger partial charge is 0.239 e. The van der Waals surface area contributed by atoms with Gasteiger partial charge in [0.15, 0.2) is 35.9 Å². The van der Waals surface area contributed by atoms with E-state index in [-0.39, 0.29) is 28.4 Å². The minimum atomic E-state index is -2.02. The molecular formula is C34H42O20. The van der Waals surface area contributed by atoms with E-state index in [0.29, 0.717) is 0 Å². The van der Waals surface area contributed by atoms with Crippen LogP contribution in [0.2, 0.25) is 0 Å². The largest absolute Gasteiger partial charge is 0.508 e. The second kappa shape index (κ2) is 15.7. The molecule has 20 nitrogen and oxygen atoms in total. The van der Waals surface area contributed by atoms with Crippen LogP contribution < -0.4 is 14.9 Å². The van der Waals surface area contributed by atoms with Crippen molar-refractivity contribution in [2.75, 3.05) is 13.7 Å². The summed E-state index contributed by atoms with van der Waals surface area (Å²) in [4.78, 5) is 14.2. The maximum absolute atomic E-state index is 14.2. The van der Waals surface area contributed by atoms with Gasteiger partial charge in [0, 0.05) is 17.7 Å². The van der Waals surface area contributed by atoms with Crippen molar-refractivity contribution in [2.24, 2.45) is 0 Å². The van der Waals surface area contributed by atoms with Gasteiger partial charge in [0.25, 0.3) is 0 Å². The van der Waals surface area contributed by atoms with Gasteiger partial charge in [-0.05, 0) is 32.0 Å². The average molecular weight is 771 g/mol. The van der Waals surface area contributed by atoms with E-state index in [2.05, 4.69) is 0 Å². The summed E-state index contributed by atoms with van der Waals surface area (Å²) in [7, 11) is 1.26. The molecule has 3 aliphatic rings. The van der Waals surface area contributed by atoms with Crippen LogP contribution in [0.4, 0.5) is 0 Å². The van der Waals surface area contributed by atoms with Crippen LogP contribution in [0, 0.1) is 0 Å². The summed E-state index contributed by atoms with van der Waals surface area (Å²) in [6.45, 7) is 2.09. The number of fused-ring (bicyclic) bond motifs is 1. The van der Waals surface area contributed by atoms with Crippen molar-refractivity contribution in [3.05, 3.63) is 40.6 Å². The lowest BCUT2D eigenvalue weighted by molar-refractivity contribution is -0.360. The summed E-state index contributed by atoms with van der Waals surface area (Å²) in [5.41, 5.74) is -1.31. The second-order valence-corrected chi connectivity index (χ2v) is 13.3. The molecule has 0 unspecified atom stereocenters. The predicted molar refractivity (Wildman–Crippen MR) is 176 cm³/mol. The fourth-order valence-corrected chi connectivity index (χ4v) is 6.40. The molecule has 0 aliphatic carbocycles. The number of rotatable bonds is 9. The highest BCUT2D eigenvalue weighted by molar-refractivity contribution is 5.88. The van der Waals surface area contributed by atoms with E-state index in [4.69, 9.17) is 37.6 Å². The van der Waals surface area contributed by atoms with Crippen LogP contribution in [0.1, 0.15) is 13.8 Å². The Labute approximate surface area is 305 Å². The van der Waals surface area contributed by atoms with E-state index in [1.165, 1.54) is 39.2 Å². The first-order chi connectivity index (χ1) is 25.5. The van der Waals surface area contributed by atoms with Gasteiger partial charge in [0.05, 0.1) is 25.9 Å². The molecule has 0 radical (unpaired) electrons. The summed E-state index contributed by atoms with van der Waals surface area (Å²) in [5.74, 6) is -2.63. The summed E-state index contributed by atoms with van der Waals surface area (Å²) in [5, 5.41) is 115. The fourth-order valence-electron chi connectivity index (χ4n) is 6.40. The van der Waals surface area contributed by atoms with Crippen molar-refractivity contribution in [3.8, 4) is 40.1 Å². The van der Waals surface area contributed by atoms with Crippen LogP contribution in [0.5, 0.6) is 28.7 Å². The third-order valence-electron chi connectivity index (χ3n) is 9.57. The lowest BCUT2D eigenvalue weighted by Crippen LogP contribution is -2.65. The summed E-state index contributed by atoms with van der Waals surface area (Å²) < 4.78 is 45.6. The van der Waals surface area contributed by atoms with Crippen LogP contribution in [0.15, 0.2) is 39.5 Å². The van der Waals surface area contributed by atoms with E-state index in [1.807, 2.05) is 0 Å². The lowest BCUT2D eigenvalue weighted by Gasteiger charge is -2.46. The van der Waals surface area contributed by atoms with E-state index in [1.54, 1.807) is 0 Å². The van der Waals surface area contributed by atoms with E-state index in [0.717, 1.165) is 12.1 Å². The van der Waals surface area contributed by atoms with E-state index in [9.17, 15) is 61.0 Å². The Balaban J connectivity index is 1.41. The van der Waals surface area contributed by atoms with Crippen molar-refractivity contribution >= 4 is 11.0 Å². The van der Waals surface area contributed by atoms with Gasteiger partial charge in [-0.15, -0.1) is 0 Å². The van der Waals surface area contributed by atoms with Crippen LogP contribution >= 0.6 is 0 Å². The molecule has 298 valence electrons. The van der Waals surface area contributed by atoms with Gasteiger partial charge in [-0.2, -0.15) is 0 Å². The zero-order chi connectivity index (χ0) is 39.3. The van der Waals surface area contributed by atoms with Gasteiger partial charge in [0.1, 0.15) is 77.4 Å². The Hall–Kier alpha value is -3.87. The third-order valence-corrected chi connectivity index (χ3v) is 9.57. The molecular weight excluding hydrogens is 728 g/mol. The molecule has 4 heterocycles. The molecule has 20 heteroatoms. The number of aliphatic hydroxyl groups is 8. The van der Waals surface area contributed by atoms with Crippen molar-refractivity contribution < 1.29 is 93.7 Å². The molecule has 0 saturated carbocycles. The molecule has 0 amide bonds. The van der Waals surface area contributed by atoms with Crippen molar-refractivity contribution in [1.82, 2.24) is 0 Å². The summed E-state index contributed by atoms with van der Waals surface area (Å²) in [6.07, 6.45) is -24.9. The molecule has 3 aliphatic heterocycles. The maximum Gasteiger partial charge on any atom is 0.239 e. The minimum absolute atomic E-state index is 0.0468. The third kappa shape index (κ3) is 7.41. The molecule has 6 rings (SSSR count). The van der Waals surface area contributed by atoms with E-state index >= 15 is 0 Å². The van der Waals surface area contributed by atoms with Gasteiger partial charge in [0.2, 0.25) is 17.5 Å². The topological polar surface area (TPSA) is 317 Å². The number of aromatic hydroxyl groups is 3. The number of hydrogen-bond acceptors (Lipinski definition) is 20. The quantitative estimate of drug-likeness (QED) is 0.107. The summed E-state index contributed by atoms with van der Waals surface area (Å²) >= 11 is 0. The van der Waals surface area contributed by atoms with Crippen LogP contribution in [-0.4, -0.2) is 162 Å². The normalized spacial score (nSPS) is 37.3. The fraction of sp³-hybridized carbons (Fsp3) is 0.559. The van der Waals surface area contributed by atoms with Gasteiger partial charge in [-0.1, -0.05) is 0 Å². The highest BCUT2D eigenvalue weighted by Crippen LogP contribution is 2.40. The second-order valence-electron chi connectivity index (χ2n) is 13.3. The molecule has 15 atom stereocenters. The van der Waals surface area contributed by atoms with Crippen LogP contribution in [0.3, 0.4) is 0 Å². The van der Waals surface area contributed by atoms with Gasteiger partial charge < -0.3 is 93.7 Å². The molecule has 54 heavy (non-hydrogen) atoms. The Morgan fingerprint density at radius 3 is 1.96 bits per heavy atom. The number of hydrogen-bond donors (Lipinski definition) is 11. The zero-order valence-corrected chi connectivity index (χ0v) is 28.8. The van der Waals surface area contributed by atoms with Gasteiger partial charge in [-0.3, -0.25) is 4.79 Å². The first kappa shape index (κ1) is 39.8.